The molecule has 1 aliphatic rings. The molecule has 1 unspecified atom stereocenters. The smallest absolute Gasteiger partial charge is 0.409 e. The van der Waals surface area contributed by atoms with Crippen LogP contribution in [0, 0.1) is 0 Å². The van der Waals surface area contributed by atoms with Gasteiger partial charge in [0.25, 0.3) is 0 Å². The zero-order valence-corrected chi connectivity index (χ0v) is 7.29. The molecule has 1 saturated heterocycles. The minimum absolute atomic E-state index is 0.447. The molecule has 12 heavy (non-hydrogen) atoms. The molecular formula is C8H15NO3. The Morgan fingerprint density at radius 1 is 1.42 bits per heavy atom. The van der Waals surface area contributed by atoms with Gasteiger partial charge in [-0.1, -0.05) is 6.42 Å². The van der Waals surface area contributed by atoms with Crippen LogP contribution in [0.1, 0.15) is 32.6 Å². The molecule has 1 amide bonds. The first-order valence-corrected chi connectivity index (χ1v) is 4.27. The lowest BCUT2D eigenvalue weighted by atomic mass is 10.1. The fourth-order valence-electron chi connectivity index (χ4n) is 1.58. The SMILES string of the molecule is CC1(O)CCCCCN1C(=O)O. The molecule has 1 fully saturated rings. The predicted octanol–water partition coefficient (Wildman–Crippen LogP) is 1.25. The standard InChI is InChI=1S/C8H15NO3/c1-8(12)5-3-2-4-6-9(8)7(10)11/h12H,2-6H2,1H3,(H,10,11). The molecular weight excluding hydrogens is 158 g/mol. The van der Waals surface area contributed by atoms with Crippen molar-refractivity contribution >= 4 is 6.09 Å². The molecule has 0 aliphatic carbocycles. The second kappa shape index (κ2) is 3.31. The zero-order chi connectivity index (χ0) is 9.19. The number of likely N-dealkylation sites (tertiary alicyclic amines) is 1. The molecule has 70 valence electrons. The third-order valence-electron chi connectivity index (χ3n) is 2.34. The van der Waals surface area contributed by atoms with Gasteiger partial charge in [-0.05, 0) is 26.2 Å². The van der Waals surface area contributed by atoms with Gasteiger partial charge in [0.1, 0.15) is 5.72 Å². The Hall–Kier alpha value is -0.770. The molecule has 4 nitrogen and oxygen atoms in total. The Morgan fingerprint density at radius 3 is 2.67 bits per heavy atom. The number of hydrogen-bond acceptors (Lipinski definition) is 2. The van der Waals surface area contributed by atoms with Gasteiger partial charge in [-0.3, -0.25) is 4.90 Å². The molecule has 1 heterocycles. The first-order valence-electron chi connectivity index (χ1n) is 4.27. The summed E-state index contributed by atoms with van der Waals surface area (Å²) in [5, 5.41) is 18.5. The number of rotatable bonds is 0. The van der Waals surface area contributed by atoms with E-state index in [0.717, 1.165) is 24.2 Å². The van der Waals surface area contributed by atoms with Gasteiger partial charge in [0.15, 0.2) is 0 Å². The topological polar surface area (TPSA) is 60.8 Å². The third-order valence-corrected chi connectivity index (χ3v) is 2.34. The van der Waals surface area contributed by atoms with Gasteiger partial charge in [-0.25, -0.2) is 4.79 Å². The summed E-state index contributed by atoms with van der Waals surface area (Å²) in [4.78, 5) is 11.8. The Bertz CT molecular complexity index is 179. The van der Waals surface area contributed by atoms with E-state index in [4.69, 9.17) is 5.11 Å². The molecule has 0 bridgehead atoms. The van der Waals surface area contributed by atoms with Crippen LogP contribution in [0.25, 0.3) is 0 Å². The van der Waals surface area contributed by atoms with Crippen LogP contribution in [0.2, 0.25) is 0 Å². The second-order valence-corrected chi connectivity index (χ2v) is 3.46. The maximum absolute atomic E-state index is 10.7. The van der Waals surface area contributed by atoms with Gasteiger partial charge in [0.2, 0.25) is 0 Å². The second-order valence-electron chi connectivity index (χ2n) is 3.46. The zero-order valence-electron chi connectivity index (χ0n) is 7.29. The van der Waals surface area contributed by atoms with Crippen LogP contribution in [0.15, 0.2) is 0 Å². The summed E-state index contributed by atoms with van der Waals surface area (Å²) in [6, 6.07) is 0. The molecule has 4 heteroatoms. The van der Waals surface area contributed by atoms with E-state index >= 15 is 0 Å². The highest BCUT2D eigenvalue weighted by Gasteiger charge is 2.33. The monoisotopic (exact) mass is 173 g/mol. The van der Waals surface area contributed by atoms with Crippen LogP contribution in [-0.2, 0) is 0 Å². The van der Waals surface area contributed by atoms with E-state index in [1.165, 1.54) is 0 Å². The minimum atomic E-state index is -1.16. The number of carbonyl (C=O) groups is 1. The van der Waals surface area contributed by atoms with Gasteiger partial charge < -0.3 is 10.2 Å². The molecule has 0 spiro atoms. The molecule has 2 N–H and O–H groups in total. The van der Waals surface area contributed by atoms with Crippen LogP contribution < -0.4 is 0 Å². The first-order chi connectivity index (χ1) is 5.54. The molecule has 0 radical (unpaired) electrons. The van der Waals surface area contributed by atoms with Gasteiger partial charge >= 0.3 is 6.09 Å². The molecule has 0 aromatic rings. The van der Waals surface area contributed by atoms with E-state index in [-0.39, 0.29) is 0 Å². The lowest BCUT2D eigenvalue weighted by Crippen LogP contribution is -2.48. The van der Waals surface area contributed by atoms with Crippen LogP contribution in [0.4, 0.5) is 4.79 Å². The lowest BCUT2D eigenvalue weighted by molar-refractivity contribution is -0.0771. The lowest BCUT2D eigenvalue weighted by Gasteiger charge is -2.32. The van der Waals surface area contributed by atoms with Gasteiger partial charge in [-0.2, -0.15) is 0 Å². The Labute approximate surface area is 71.8 Å². The molecule has 0 aromatic carbocycles. The molecule has 1 rings (SSSR count). The number of carboxylic acid groups (broad SMARTS) is 1. The summed E-state index contributed by atoms with van der Waals surface area (Å²) in [5.74, 6) is 0. The maximum atomic E-state index is 10.7. The van der Waals surface area contributed by atoms with Crippen molar-refractivity contribution in [3.63, 3.8) is 0 Å². The number of nitrogens with zero attached hydrogens (tertiary/aromatic N) is 1. The highest BCUT2D eigenvalue weighted by Crippen LogP contribution is 2.24. The molecule has 1 aliphatic heterocycles. The van der Waals surface area contributed by atoms with E-state index in [1.54, 1.807) is 6.92 Å². The predicted molar refractivity (Wildman–Crippen MR) is 43.8 cm³/mol. The fourth-order valence-corrected chi connectivity index (χ4v) is 1.58. The highest BCUT2D eigenvalue weighted by molar-refractivity contribution is 5.65. The average molecular weight is 173 g/mol. The quantitative estimate of drug-likeness (QED) is 0.579. The summed E-state index contributed by atoms with van der Waals surface area (Å²) in [7, 11) is 0. The van der Waals surface area contributed by atoms with Gasteiger partial charge in [-0.15, -0.1) is 0 Å². The summed E-state index contributed by atoms with van der Waals surface area (Å²) >= 11 is 0. The summed E-state index contributed by atoms with van der Waals surface area (Å²) in [5.41, 5.74) is -1.16. The fraction of sp³-hybridized carbons (Fsp3) is 0.875. The molecule has 0 aromatic heterocycles. The highest BCUT2D eigenvalue weighted by atomic mass is 16.4. The van der Waals surface area contributed by atoms with Crippen molar-refractivity contribution in [3.05, 3.63) is 0 Å². The van der Waals surface area contributed by atoms with Crippen molar-refractivity contribution in [2.45, 2.75) is 38.3 Å². The Balaban J connectivity index is 2.71. The minimum Gasteiger partial charge on any atom is -0.465 e. The number of amides is 1. The largest absolute Gasteiger partial charge is 0.465 e. The Kier molecular flexibility index (Phi) is 2.57. The van der Waals surface area contributed by atoms with Crippen LogP contribution in [0.5, 0.6) is 0 Å². The maximum Gasteiger partial charge on any atom is 0.409 e. The van der Waals surface area contributed by atoms with Crippen molar-refractivity contribution in [2.75, 3.05) is 6.54 Å². The third kappa shape index (κ3) is 1.88. The van der Waals surface area contributed by atoms with Crippen molar-refractivity contribution < 1.29 is 15.0 Å². The van der Waals surface area contributed by atoms with Gasteiger partial charge in [0, 0.05) is 6.54 Å². The van der Waals surface area contributed by atoms with E-state index in [0.29, 0.717) is 13.0 Å². The summed E-state index contributed by atoms with van der Waals surface area (Å²) in [6.45, 7) is 2.01. The first kappa shape index (κ1) is 9.32. The van der Waals surface area contributed by atoms with E-state index < -0.39 is 11.8 Å². The van der Waals surface area contributed by atoms with Crippen molar-refractivity contribution in [3.8, 4) is 0 Å². The van der Waals surface area contributed by atoms with E-state index in [2.05, 4.69) is 0 Å². The van der Waals surface area contributed by atoms with Crippen LogP contribution in [0.3, 0.4) is 0 Å². The molecule has 0 saturated carbocycles. The normalized spacial score (nSPS) is 31.3. The van der Waals surface area contributed by atoms with Crippen molar-refractivity contribution in [1.29, 1.82) is 0 Å². The van der Waals surface area contributed by atoms with Crippen LogP contribution in [-0.4, -0.2) is 33.5 Å². The number of aliphatic hydroxyl groups is 1. The molecule has 1 atom stereocenters. The van der Waals surface area contributed by atoms with Crippen LogP contribution >= 0.6 is 0 Å². The van der Waals surface area contributed by atoms with Crippen molar-refractivity contribution in [1.82, 2.24) is 4.90 Å². The van der Waals surface area contributed by atoms with Gasteiger partial charge in [0.05, 0.1) is 0 Å². The average Bonchev–Trinajstić information content (AvgIpc) is 2.09. The van der Waals surface area contributed by atoms with Crippen molar-refractivity contribution in [2.24, 2.45) is 0 Å². The van der Waals surface area contributed by atoms with E-state index in [9.17, 15) is 9.90 Å². The Morgan fingerprint density at radius 2 is 2.08 bits per heavy atom. The van der Waals surface area contributed by atoms with E-state index in [1.807, 2.05) is 0 Å². The summed E-state index contributed by atoms with van der Waals surface area (Å²) < 4.78 is 0. The summed E-state index contributed by atoms with van der Waals surface area (Å²) in [6.07, 6.45) is 2.26. The number of hydrogen-bond donors (Lipinski definition) is 2.